The average Bonchev–Trinajstić information content (AvgIpc) is 2.65. The zero-order valence-electron chi connectivity index (χ0n) is 14.6. The summed E-state index contributed by atoms with van der Waals surface area (Å²) in [5.74, 6) is -0.438. The van der Waals surface area contributed by atoms with E-state index >= 15 is 0 Å². The highest BCUT2D eigenvalue weighted by atomic mass is 19.1. The van der Waals surface area contributed by atoms with Crippen LogP contribution in [0.1, 0.15) is 35.6 Å². The maximum Gasteiger partial charge on any atom is 0.226 e. The van der Waals surface area contributed by atoms with E-state index in [1.807, 2.05) is 23.1 Å². The van der Waals surface area contributed by atoms with E-state index in [2.05, 4.69) is 6.07 Å². The van der Waals surface area contributed by atoms with Crippen LogP contribution in [0.4, 0.5) is 4.39 Å². The van der Waals surface area contributed by atoms with E-state index < -0.39 is 5.60 Å². The molecule has 0 spiro atoms. The predicted octanol–water partition coefficient (Wildman–Crippen LogP) is 2.40. The molecule has 2 aliphatic rings. The number of aliphatic hydroxyl groups is 1. The summed E-state index contributed by atoms with van der Waals surface area (Å²) >= 11 is 0. The van der Waals surface area contributed by atoms with Crippen molar-refractivity contribution in [1.29, 1.82) is 0 Å². The molecule has 0 unspecified atom stereocenters. The number of rotatable bonds is 3. The molecule has 0 saturated heterocycles. The van der Waals surface area contributed by atoms with Gasteiger partial charge >= 0.3 is 0 Å². The van der Waals surface area contributed by atoms with E-state index in [0.717, 1.165) is 17.5 Å². The highest BCUT2D eigenvalue weighted by molar-refractivity contribution is 5.81. The van der Waals surface area contributed by atoms with E-state index in [-0.39, 0.29) is 30.2 Å². The van der Waals surface area contributed by atoms with E-state index in [9.17, 15) is 14.3 Å². The predicted molar refractivity (Wildman–Crippen MR) is 96.8 cm³/mol. The number of halogens is 1. The van der Waals surface area contributed by atoms with Gasteiger partial charge in [-0.25, -0.2) is 4.39 Å². The summed E-state index contributed by atoms with van der Waals surface area (Å²) in [6, 6.07) is 14.3. The molecular weight excluding hydrogens is 331 g/mol. The van der Waals surface area contributed by atoms with Crippen molar-refractivity contribution in [3.63, 3.8) is 0 Å². The van der Waals surface area contributed by atoms with Crippen molar-refractivity contribution in [3.8, 4) is 0 Å². The molecule has 4 rings (SSSR count). The molecule has 0 bridgehead atoms. The molecule has 26 heavy (non-hydrogen) atoms. The van der Waals surface area contributed by atoms with Crippen molar-refractivity contribution in [2.75, 3.05) is 13.1 Å². The molecule has 1 saturated carbocycles. The van der Waals surface area contributed by atoms with Crippen LogP contribution in [0.5, 0.6) is 0 Å². The van der Waals surface area contributed by atoms with Crippen LogP contribution in [0.15, 0.2) is 48.5 Å². The Balaban J connectivity index is 1.67. The summed E-state index contributed by atoms with van der Waals surface area (Å²) in [7, 11) is 0. The van der Waals surface area contributed by atoms with Crippen LogP contribution >= 0.6 is 0 Å². The van der Waals surface area contributed by atoms with Gasteiger partial charge in [0.05, 0.1) is 11.6 Å². The first kappa shape index (κ1) is 17.2. The minimum Gasteiger partial charge on any atom is -0.389 e. The molecule has 1 aliphatic heterocycles. The maximum absolute atomic E-state index is 13.4. The van der Waals surface area contributed by atoms with Gasteiger partial charge < -0.3 is 15.7 Å². The van der Waals surface area contributed by atoms with Crippen LogP contribution in [0, 0.1) is 11.7 Å². The largest absolute Gasteiger partial charge is 0.389 e. The number of nitrogens with zero attached hydrogens (tertiary/aromatic N) is 1. The highest BCUT2D eigenvalue weighted by Crippen LogP contribution is 2.42. The second-order valence-electron chi connectivity index (χ2n) is 7.47. The van der Waals surface area contributed by atoms with Gasteiger partial charge in [0.2, 0.25) is 5.91 Å². The molecular formula is C21H23FN2O2. The van der Waals surface area contributed by atoms with Crippen LogP contribution < -0.4 is 5.73 Å². The minimum absolute atomic E-state index is 0.0481. The Bertz CT molecular complexity index is 815. The number of carbonyl (C=O) groups is 1. The molecule has 1 amide bonds. The molecule has 1 heterocycles. The molecule has 2 aromatic carbocycles. The fraction of sp³-hybridized carbons (Fsp3) is 0.381. The maximum atomic E-state index is 13.4. The molecule has 1 fully saturated rings. The summed E-state index contributed by atoms with van der Waals surface area (Å²) in [5, 5.41) is 10.2. The third-order valence-electron chi connectivity index (χ3n) is 5.73. The standard InChI is InChI=1S/C21H23FN2O2/c22-17-7-5-15(6-8-17)19-18-4-2-1-3-14(18)9-10-24(19)20(25)16-11-21(26,12-16)13-23/h1-8,16,19,26H,9-13,23H2/t16-,19-,21-/m0/s1. The van der Waals surface area contributed by atoms with Crippen molar-refractivity contribution in [2.45, 2.75) is 30.9 Å². The molecule has 3 N–H and O–H groups in total. The Kier molecular flexibility index (Phi) is 4.29. The lowest BCUT2D eigenvalue weighted by Gasteiger charge is -2.46. The van der Waals surface area contributed by atoms with Gasteiger partial charge in [0, 0.05) is 19.0 Å². The molecule has 5 heteroatoms. The first-order chi connectivity index (χ1) is 12.5. The lowest BCUT2D eigenvalue weighted by Crippen LogP contribution is -2.56. The van der Waals surface area contributed by atoms with Gasteiger partial charge in [0.15, 0.2) is 0 Å². The molecule has 136 valence electrons. The smallest absolute Gasteiger partial charge is 0.226 e. The Labute approximate surface area is 152 Å². The van der Waals surface area contributed by atoms with Crippen LogP contribution in [0.25, 0.3) is 0 Å². The minimum atomic E-state index is -0.903. The van der Waals surface area contributed by atoms with Crippen molar-refractivity contribution in [3.05, 3.63) is 71.0 Å². The van der Waals surface area contributed by atoms with Gasteiger partial charge in [-0.15, -0.1) is 0 Å². The van der Waals surface area contributed by atoms with Crippen molar-refractivity contribution < 1.29 is 14.3 Å². The van der Waals surface area contributed by atoms with Crippen molar-refractivity contribution in [1.82, 2.24) is 4.90 Å². The number of carbonyl (C=O) groups excluding carboxylic acids is 1. The molecule has 1 atom stereocenters. The number of nitrogens with two attached hydrogens (primary N) is 1. The van der Waals surface area contributed by atoms with Crippen molar-refractivity contribution in [2.24, 2.45) is 11.7 Å². The zero-order chi connectivity index (χ0) is 18.3. The summed E-state index contributed by atoms with van der Waals surface area (Å²) in [5.41, 5.74) is 7.90. The fourth-order valence-corrected chi connectivity index (χ4v) is 4.24. The Morgan fingerprint density at radius 1 is 1.19 bits per heavy atom. The third kappa shape index (κ3) is 2.91. The monoisotopic (exact) mass is 354 g/mol. The summed E-state index contributed by atoms with van der Waals surface area (Å²) in [6.45, 7) is 0.802. The Morgan fingerprint density at radius 3 is 2.58 bits per heavy atom. The molecule has 1 aliphatic carbocycles. The number of amides is 1. The van der Waals surface area contributed by atoms with Gasteiger partial charge in [-0.1, -0.05) is 36.4 Å². The van der Waals surface area contributed by atoms with Crippen molar-refractivity contribution >= 4 is 5.91 Å². The number of hydrogen-bond acceptors (Lipinski definition) is 3. The van der Waals surface area contributed by atoms with E-state index in [1.165, 1.54) is 17.7 Å². The first-order valence-electron chi connectivity index (χ1n) is 9.07. The summed E-state index contributed by atoms with van der Waals surface area (Å²) in [6.07, 6.45) is 1.63. The van der Waals surface area contributed by atoms with Gasteiger partial charge in [0.25, 0.3) is 0 Å². The van der Waals surface area contributed by atoms with Gasteiger partial charge in [-0.2, -0.15) is 0 Å². The lowest BCUT2D eigenvalue weighted by atomic mass is 9.70. The molecule has 0 aromatic heterocycles. The van der Waals surface area contributed by atoms with Crippen LogP contribution in [-0.4, -0.2) is 34.6 Å². The molecule has 0 radical (unpaired) electrons. The van der Waals surface area contributed by atoms with Crippen LogP contribution in [-0.2, 0) is 11.2 Å². The van der Waals surface area contributed by atoms with Gasteiger partial charge in [0.1, 0.15) is 5.82 Å². The van der Waals surface area contributed by atoms with Gasteiger partial charge in [-0.05, 0) is 48.1 Å². The van der Waals surface area contributed by atoms with E-state index in [1.54, 1.807) is 12.1 Å². The third-order valence-corrected chi connectivity index (χ3v) is 5.73. The normalized spacial score (nSPS) is 27.6. The quantitative estimate of drug-likeness (QED) is 0.889. The Morgan fingerprint density at radius 2 is 1.88 bits per heavy atom. The highest BCUT2D eigenvalue weighted by Gasteiger charge is 2.48. The number of hydrogen-bond donors (Lipinski definition) is 2. The van der Waals surface area contributed by atoms with Crippen LogP contribution in [0.3, 0.4) is 0 Å². The summed E-state index contributed by atoms with van der Waals surface area (Å²) < 4.78 is 13.4. The van der Waals surface area contributed by atoms with E-state index in [0.29, 0.717) is 19.4 Å². The first-order valence-corrected chi connectivity index (χ1v) is 9.07. The SMILES string of the molecule is NC[C@]1(O)C[C@H](C(=O)N2CCc3ccccc3[C@@H]2c2ccc(F)cc2)C1. The number of benzene rings is 2. The Hall–Kier alpha value is -2.24. The van der Waals surface area contributed by atoms with Crippen LogP contribution in [0.2, 0.25) is 0 Å². The number of fused-ring (bicyclic) bond motifs is 1. The molecule has 4 nitrogen and oxygen atoms in total. The fourth-order valence-electron chi connectivity index (χ4n) is 4.24. The topological polar surface area (TPSA) is 66.6 Å². The van der Waals surface area contributed by atoms with Gasteiger partial charge in [-0.3, -0.25) is 4.79 Å². The second kappa shape index (κ2) is 6.49. The summed E-state index contributed by atoms with van der Waals surface area (Å²) in [4.78, 5) is 15.0. The average molecular weight is 354 g/mol. The zero-order valence-corrected chi connectivity index (χ0v) is 14.6. The molecule has 2 aromatic rings. The van der Waals surface area contributed by atoms with E-state index in [4.69, 9.17) is 5.73 Å². The second-order valence-corrected chi connectivity index (χ2v) is 7.47. The lowest BCUT2D eigenvalue weighted by molar-refractivity contribution is -0.152.